The molecule has 0 saturated carbocycles. The lowest BCUT2D eigenvalue weighted by Gasteiger charge is -2.14. The summed E-state index contributed by atoms with van der Waals surface area (Å²) < 4.78 is 32.9. The third kappa shape index (κ3) is 5.46. The molecule has 160 valence electrons. The molecule has 2 aliphatic rings. The van der Waals surface area contributed by atoms with Crippen molar-refractivity contribution in [1.29, 1.82) is 0 Å². The lowest BCUT2D eigenvalue weighted by molar-refractivity contribution is 0.252. The summed E-state index contributed by atoms with van der Waals surface area (Å²) in [5, 5.41) is 0. The third-order valence-electron chi connectivity index (χ3n) is 5.13. The molecular formula is C24H28O6. The van der Waals surface area contributed by atoms with Gasteiger partial charge in [-0.1, -0.05) is 31.2 Å². The SMILES string of the molecule is COc1cc(/C=C/C(C)c2ccc(OCC3CO3)c(OC)c2)ccc1OCC1CO1. The van der Waals surface area contributed by atoms with E-state index in [1.807, 2.05) is 30.3 Å². The Balaban J connectivity index is 1.41. The van der Waals surface area contributed by atoms with Crippen LogP contribution in [0.25, 0.3) is 6.08 Å². The molecular weight excluding hydrogens is 384 g/mol. The molecule has 4 rings (SSSR count). The van der Waals surface area contributed by atoms with Crippen LogP contribution in [0, 0.1) is 0 Å². The largest absolute Gasteiger partial charge is 0.493 e. The smallest absolute Gasteiger partial charge is 0.161 e. The van der Waals surface area contributed by atoms with Crippen LogP contribution in [0.5, 0.6) is 23.0 Å². The predicted molar refractivity (Wildman–Crippen MR) is 114 cm³/mol. The lowest BCUT2D eigenvalue weighted by atomic mass is 9.99. The van der Waals surface area contributed by atoms with E-state index in [1.54, 1.807) is 14.2 Å². The standard InChI is InChI=1S/C24H28O6/c1-16(18-7-9-22(24(11-18)26-3)30-15-20-13-28-20)4-5-17-6-8-21(23(10-17)25-2)29-14-19-12-27-19/h4-11,16,19-20H,12-15H2,1-3H3/b5-4+. The van der Waals surface area contributed by atoms with E-state index < -0.39 is 0 Å². The summed E-state index contributed by atoms with van der Waals surface area (Å²) in [6.07, 6.45) is 4.67. The second-order valence-electron chi connectivity index (χ2n) is 7.50. The highest BCUT2D eigenvalue weighted by Gasteiger charge is 2.24. The van der Waals surface area contributed by atoms with Gasteiger partial charge in [0.1, 0.15) is 25.4 Å². The summed E-state index contributed by atoms with van der Waals surface area (Å²) in [5.74, 6) is 3.12. The van der Waals surface area contributed by atoms with Crippen LogP contribution in [0.4, 0.5) is 0 Å². The molecule has 6 heteroatoms. The molecule has 3 unspecified atom stereocenters. The normalized spacial score (nSPS) is 20.6. The van der Waals surface area contributed by atoms with Gasteiger partial charge in [-0.05, 0) is 41.3 Å². The van der Waals surface area contributed by atoms with E-state index in [0.717, 1.165) is 41.6 Å². The maximum absolute atomic E-state index is 5.79. The van der Waals surface area contributed by atoms with Crippen molar-refractivity contribution in [3.05, 3.63) is 53.6 Å². The van der Waals surface area contributed by atoms with Gasteiger partial charge in [-0.2, -0.15) is 0 Å². The van der Waals surface area contributed by atoms with E-state index in [0.29, 0.717) is 19.0 Å². The zero-order valence-electron chi connectivity index (χ0n) is 17.6. The van der Waals surface area contributed by atoms with Crippen LogP contribution in [0.2, 0.25) is 0 Å². The molecule has 2 saturated heterocycles. The fraction of sp³-hybridized carbons (Fsp3) is 0.417. The summed E-state index contributed by atoms with van der Waals surface area (Å²) in [5.41, 5.74) is 2.19. The Bertz CT molecular complexity index is 885. The van der Waals surface area contributed by atoms with E-state index >= 15 is 0 Å². The second kappa shape index (κ2) is 9.41. The van der Waals surface area contributed by atoms with Crippen molar-refractivity contribution in [2.45, 2.75) is 25.0 Å². The average Bonchev–Trinajstić information content (AvgIpc) is 3.69. The van der Waals surface area contributed by atoms with Crippen LogP contribution < -0.4 is 18.9 Å². The van der Waals surface area contributed by atoms with Crippen molar-refractivity contribution in [1.82, 2.24) is 0 Å². The molecule has 2 aromatic rings. The van der Waals surface area contributed by atoms with Crippen LogP contribution in [0.3, 0.4) is 0 Å². The third-order valence-corrected chi connectivity index (χ3v) is 5.13. The molecule has 2 fully saturated rings. The highest BCUT2D eigenvalue weighted by molar-refractivity contribution is 5.57. The molecule has 2 aliphatic heterocycles. The van der Waals surface area contributed by atoms with Gasteiger partial charge in [0.2, 0.25) is 0 Å². The number of ether oxygens (including phenoxy) is 6. The Kier molecular flexibility index (Phi) is 6.45. The first-order valence-electron chi connectivity index (χ1n) is 10.2. The van der Waals surface area contributed by atoms with Gasteiger partial charge in [-0.25, -0.2) is 0 Å². The van der Waals surface area contributed by atoms with Crippen LogP contribution in [0.1, 0.15) is 24.0 Å². The van der Waals surface area contributed by atoms with Gasteiger partial charge in [0.05, 0.1) is 27.4 Å². The van der Waals surface area contributed by atoms with Gasteiger partial charge in [-0.3, -0.25) is 0 Å². The molecule has 2 aromatic carbocycles. The number of allylic oxidation sites excluding steroid dienone is 1. The second-order valence-corrected chi connectivity index (χ2v) is 7.50. The first kappa shape index (κ1) is 20.6. The predicted octanol–water partition coefficient (Wildman–Crippen LogP) is 4.08. The molecule has 0 radical (unpaired) electrons. The van der Waals surface area contributed by atoms with Crippen LogP contribution in [-0.4, -0.2) is 52.9 Å². The number of hydrogen-bond donors (Lipinski definition) is 0. The highest BCUT2D eigenvalue weighted by atomic mass is 16.6. The minimum absolute atomic E-state index is 0.202. The van der Waals surface area contributed by atoms with Crippen molar-refractivity contribution < 1.29 is 28.4 Å². The van der Waals surface area contributed by atoms with Crippen molar-refractivity contribution in [2.24, 2.45) is 0 Å². The Morgan fingerprint density at radius 2 is 1.43 bits per heavy atom. The fourth-order valence-corrected chi connectivity index (χ4v) is 3.05. The van der Waals surface area contributed by atoms with Gasteiger partial charge in [0.25, 0.3) is 0 Å². The van der Waals surface area contributed by atoms with Gasteiger partial charge in [0, 0.05) is 0 Å². The summed E-state index contributed by atoms with van der Waals surface area (Å²) in [4.78, 5) is 0. The molecule has 0 spiro atoms. The van der Waals surface area contributed by atoms with Crippen molar-refractivity contribution in [2.75, 3.05) is 40.6 Å². The minimum atomic E-state index is 0.202. The number of benzene rings is 2. The number of rotatable bonds is 11. The van der Waals surface area contributed by atoms with Gasteiger partial charge in [-0.15, -0.1) is 0 Å². The molecule has 30 heavy (non-hydrogen) atoms. The summed E-state index contributed by atoms with van der Waals surface area (Å²) in [6.45, 7) is 4.80. The molecule has 0 N–H and O–H groups in total. The number of methoxy groups -OCH3 is 2. The monoisotopic (exact) mass is 412 g/mol. The Morgan fingerprint density at radius 1 is 0.867 bits per heavy atom. The molecule has 0 amide bonds. The first-order chi connectivity index (χ1) is 14.7. The number of hydrogen-bond acceptors (Lipinski definition) is 6. The highest BCUT2D eigenvalue weighted by Crippen LogP contribution is 2.33. The molecule has 2 heterocycles. The Labute approximate surface area is 177 Å². The molecule has 3 atom stereocenters. The molecule has 0 bridgehead atoms. The molecule has 6 nitrogen and oxygen atoms in total. The van der Waals surface area contributed by atoms with Crippen molar-refractivity contribution in [3.63, 3.8) is 0 Å². The van der Waals surface area contributed by atoms with Crippen LogP contribution in [0.15, 0.2) is 42.5 Å². The van der Waals surface area contributed by atoms with E-state index in [1.165, 1.54) is 0 Å². The minimum Gasteiger partial charge on any atom is -0.493 e. The Hall–Kier alpha value is -2.70. The maximum Gasteiger partial charge on any atom is 0.161 e. The van der Waals surface area contributed by atoms with E-state index in [2.05, 4.69) is 25.1 Å². The average molecular weight is 412 g/mol. The van der Waals surface area contributed by atoms with Crippen LogP contribution >= 0.6 is 0 Å². The topological polar surface area (TPSA) is 62.0 Å². The first-order valence-corrected chi connectivity index (χ1v) is 10.2. The van der Waals surface area contributed by atoms with Gasteiger partial charge >= 0.3 is 0 Å². The maximum atomic E-state index is 5.79. The summed E-state index contributed by atoms with van der Waals surface area (Å²) in [7, 11) is 3.31. The van der Waals surface area contributed by atoms with E-state index in [-0.39, 0.29) is 18.1 Å². The van der Waals surface area contributed by atoms with E-state index in [4.69, 9.17) is 28.4 Å². The fourth-order valence-electron chi connectivity index (χ4n) is 3.05. The van der Waals surface area contributed by atoms with E-state index in [9.17, 15) is 0 Å². The van der Waals surface area contributed by atoms with Crippen molar-refractivity contribution in [3.8, 4) is 23.0 Å². The van der Waals surface area contributed by atoms with Gasteiger partial charge < -0.3 is 28.4 Å². The van der Waals surface area contributed by atoms with Crippen LogP contribution in [-0.2, 0) is 9.47 Å². The molecule has 0 aromatic heterocycles. The van der Waals surface area contributed by atoms with Gasteiger partial charge in [0.15, 0.2) is 23.0 Å². The zero-order valence-corrected chi connectivity index (χ0v) is 17.6. The Morgan fingerprint density at radius 3 is 2.00 bits per heavy atom. The summed E-state index contributed by atoms with van der Waals surface area (Å²) in [6, 6.07) is 12.0. The lowest BCUT2D eigenvalue weighted by Crippen LogP contribution is -2.05. The van der Waals surface area contributed by atoms with Crippen molar-refractivity contribution >= 4 is 6.08 Å². The number of epoxide rings is 2. The summed E-state index contributed by atoms with van der Waals surface area (Å²) >= 11 is 0. The molecule has 0 aliphatic carbocycles. The quantitative estimate of drug-likeness (QED) is 0.519. The zero-order chi connectivity index (χ0) is 20.9.